The maximum Gasteiger partial charge on any atom is 0.323 e. The van der Waals surface area contributed by atoms with Gasteiger partial charge in [0.15, 0.2) is 0 Å². The van der Waals surface area contributed by atoms with Gasteiger partial charge in [0.25, 0.3) is 5.91 Å². The number of halogens is 1. The predicted molar refractivity (Wildman–Crippen MR) is 60.1 cm³/mol. The highest BCUT2D eigenvalue weighted by Crippen LogP contribution is 2.07. The minimum absolute atomic E-state index is 0.0989. The Morgan fingerprint density at radius 2 is 2.18 bits per heavy atom. The fourth-order valence-corrected chi connectivity index (χ4v) is 1.34. The molecule has 1 N–H and O–H groups in total. The van der Waals surface area contributed by atoms with Crippen molar-refractivity contribution in [2.24, 2.45) is 0 Å². The number of carbonyl (C=O) groups is 2. The Labute approximate surface area is 98.0 Å². The van der Waals surface area contributed by atoms with E-state index in [2.05, 4.69) is 6.58 Å². The monoisotopic (exact) mass is 237 g/mol. The van der Waals surface area contributed by atoms with Crippen molar-refractivity contribution >= 4 is 11.9 Å². The quantitative estimate of drug-likeness (QED) is 0.790. The standard InChI is InChI=1S/C12H12FNO3/c1-2-6-14(8-11(15)16)12(17)9-4-3-5-10(13)7-9/h2-5,7H,1,6,8H2,(H,15,16). The zero-order chi connectivity index (χ0) is 12.8. The molecule has 0 spiro atoms. The molecule has 0 unspecified atom stereocenters. The van der Waals surface area contributed by atoms with Crippen molar-refractivity contribution < 1.29 is 19.1 Å². The van der Waals surface area contributed by atoms with Gasteiger partial charge in [-0.2, -0.15) is 0 Å². The largest absolute Gasteiger partial charge is 0.480 e. The lowest BCUT2D eigenvalue weighted by atomic mass is 10.2. The van der Waals surface area contributed by atoms with Crippen LogP contribution in [-0.2, 0) is 4.79 Å². The zero-order valence-electron chi connectivity index (χ0n) is 9.10. The first-order chi connectivity index (χ1) is 8.04. The summed E-state index contributed by atoms with van der Waals surface area (Å²) in [4.78, 5) is 23.5. The Kier molecular flexibility index (Phi) is 4.39. The van der Waals surface area contributed by atoms with E-state index in [-0.39, 0.29) is 12.1 Å². The minimum Gasteiger partial charge on any atom is -0.480 e. The van der Waals surface area contributed by atoms with Crippen LogP contribution in [0.1, 0.15) is 10.4 Å². The Morgan fingerprint density at radius 1 is 1.47 bits per heavy atom. The molecular formula is C12H12FNO3. The Morgan fingerprint density at radius 3 is 2.71 bits per heavy atom. The molecule has 0 aliphatic heterocycles. The zero-order valence-corrected chi connectivity index (χ0v) is 9.10. The van der Waals surface area contributed by atoms with Crippen LogP contribution in [0.2, 0.25) is 0 Å². The fourth-order valence-electron chi connectivity index (χ4n) is 1.34. The normalized spacial score (nSPS) is 9.71. The van der Waals surface area contributed by atoms with Gasteiger partial charge in [0.2, 0.25) is 0 Å². The molecule has 0 saturated carbocycles. The van der Waals surface area contributed by atoms with Crippen LogP contribution in [0.25, 0.3) is 0 Å². The predicted octanol–water partition coefficient (Wildman–Crippen LogP) is 1.54. The summed E-state index contributed by atoms with van der Waals surface area (Å²) < 4.78 is 12.9. The Balaban J connectivity index is 2.90. The van der Waals surface area contributed by atoms with E-state index < -0.39 is 24.2 Å². The van der Waals surface area contributed by atoms with Gasteiger partial charge in [0.1, 0.15) is 12.4 Å². The molecule has 0 aliphatic carbocycles. The van der Waals surface area contributed by atoms with Crippen molar-refractivity contribution in [2.45, 2.75) is 0 Å². The van der Waals surface area contributed by atoms with Crippen molar-refractivity contribution in [3.63, 3.8) is 0 Å². The van der Waals surface area contributed by atoms with Gasteiger partial charge in [-0.05, 0) is 18.2 Å². The maximum atomic E-state index is 12.9. The highest BCUT2D eigenvalue weighted by Gasteiger charge is 2.17. The molecule has 0 atom stereocenters. The van der Waals surface area contributed by atoms with Crippen LogP contribution >= 0.6 is 0 Å². The second-order valence-corrected chi connectivity index (χ2v) is 3.38. The summed E-state index contributed by atoms with van der Waals surface area (Å²) in [5.74, 6) is -2.20. The van der Waals surface area contributed by atoms with E-state index in [1.54, 1.807) is 0 Å². The van der Waals surface area contributed by atoms with Crippen molar-refractivity contribution in [3.05, 3.63) is 48.3 Å². The van der Waals surface area contributed by atoms with E-state index in [4.69, 9.17) is 5.11 Å². The van der Waals surface area contributed by atoms with Gasteiger partial charge < -0.3 is 10.0 Å². The van der Waals surface area contributed by atoms with Crippen LogP contribution in [0.4, 0.5) is 4.39 Å². The summed E-state index contributed by atoms with van der Waals surface area (Å²) in [6.45, 7) is 3.10. The summed E-state index contributed by atoms with van der Waals surface area (Å²) in [5, 5.41) is 8.66. The molecule has 1 rings (SSSR count). The molecule has 0 heterocycles. The van der Waals surface area contributed by atoms with Crippen molar-refractivity contribution in [1.82, 2.24) is 4.90 Å². The summed E-state index contributed by atoms with van der Waals surface area (Å²) >= 11 is 0. The van der Waals surface area contributed by atoms with Gasteiger partial charge in [-0.1, -0.05) is 12.1 Å². The van der Waals surface area contributed by atoms with Crippen LogP contribution in [-0.4, -0.2) is 35.0 Å². The molecule has 0 aromatic heterocycles. The number of amides is 1. The highest BCUT2D eigenvalue weighted by atomic mass is 19.1. The number of benzene rings is 1. The molecule has 0 radical (unpaired) electrons. The highest BCUT2D eigenvalue weighted by molar-refractivity contribution is 5.95. The average Bonchev–Trinajstić information content (AvgIpc) is 2.27. The van der Waals surface area contributed by atoms with Crippen LogP contribution in [0, 0.1) is 5.82 Å². The lowest BCUT2D eigenvalue weighted by Crippen LogP contribution is -2.35. The molecule has 90 valence electrons. The van der Waals surface area contributed by atoms with Crippen molar-refractivity contribution in [1.29, 1.82) is 0 Å². The molecule has 1 aromatic carbocycles. The van der Waals surface area contributed by atoms with E-state index >= 15 is 0 Å². The number of nitrogens with zero attached hydrogens (tertiary/aromatic N) is 1. The SMILES string of the molecule is C=CCN(CC(=O)O)C(=O)c1cccc(F)c1. The average molecular weight is 237 g/mol. The van der Waals surface area contributed by atoms with Gasteiger partial charge in [-0.25, -0.2) is 4.39 Å². The lowest BCUT2D eigenvalue weighted by molar-refractivity contribution is -0.137. The number of carbonyl (C=O) groups excluding carboxylic acids is 1. The maximum absolute atomic E-state index is 12.9. The summed E-state index contributed by atoms with van der Waals surface area (Å²) in [6, 6.07) is 5.12. The number of carboxylic acid groups (broad SMARTS) is 1. The molecule has 1 aromatic rings. The third-order valence-corrected chi connectivity index (χ3v) is 2.03. The first-order valence-corrected chi connectivity index (χ1v) is 4.92. The van der Waals surface area contributed by atoms with Crippen LogP contribution in [0.5, 0.6) is 0 Å². The third-order valence-electron chi connectivity index (χ3n) is 2.03. The minimum atomic E-state index is -1.13. The fraction of sp³-hybridized carbons (Fsp3) is 0.167. The number of hydrogen-bond donors (Lipinski definition) is 1. The van der Waals surface area contributed by atoms with Crippen LogP contribution in [0.15, 0.2) is 36.9 Å². The molecule has 0 aliphatic rings. The molecule has 4 nitrogen and oxygen atoms in total. The lowest BCUT2D eigenvalue weighted by Gasteiger charge is -2.18. The number of hydrogen-bond acceptors (Lipinski definition) is 2. The summed E-state index contributed by atoms with van der Waals surface area (Å²) in [7, 11) is 0. The smallest absolute Gasteiger partial charge is 0.323 e. The topological polar surface area (TPSA) is 57.6 Å². The first kappa shape index (κ1) is 12.9. The van der Waals surface area contributed by atoms with Gasteiger partial charge in [-0.3, -0.25) is 9.59 Å². The van der Waals surface area contributed by atoms with E-state index in [0.717, 1.165) is 11.0 Å². The van der Waals surface area contributed by atoms with E-state index in [9.17, 15) is 14.0 Å². The third kappa shape index (κ3) is 3.71. The summed E-state index contributed by atoms with van der Waals surface area (Å²) in [5.41, 5.74) is 0.119. The van der Waals surface area contributed by atoms with Crippen LogP contribution in [0.3, 0.4) is 0 Å². The van der Waals surface area contributed by atoms with Gasteiger partial charge in [0.05, 0.1) is 0 Å². The summed E-state index contributed by atoms with van der Waals surface area (Å²) in [6.07, 6.45) is 1.42. The van der Waals surface area contributed by atoms with Gasteiger partial charge >= 0.3 is 5.97 Å². The van der Waals surface area contributed by atoms with E-state index in [0.29, 0.717) is 0 Å². The van der Waals surface area contributed by atoms with E-state index in [1.165, 1.54) is 24.3 Å². The Hall–Kier alpha value is -2.17. The van der Waals surface area contributed by atoms with Gasteiger partial charge in [0, 0.05) is 12.1 Å². The van der Waals surface area contributed by atoms with E-state index in [1.807, 2.05) is 0 Å². The van der Waals surface area contributed by atoms with Crippen molar-refractivity contribution in [2.75, 3.05) is 13.1 Å². The Bertz CT molecular complexity index is 445. The second-order valence-electron chi connectivity index (χ2n) is 3.38. The molecular weight excluding hydrogens is 225 g/mol. The molecule has 1 amide bonds. The molecule has 0 fully saturated rings. The number of carboxylic acids is 1. The number of aliphatic carboxylic acids is 1. The number of rotatable bonds is 5. The molecule has 17 heavy (non-hydrogen) atoms. The van der Waals surface area contributed by atoms with Gasteiger partial charge in [-0.15, -0.1) is 6.58 Å². The molecule has 0 bridgehead atoms. The molecule has 0 saturated heterocycles. The molecule has 5 heteroatoms. The first-order valence-electron chi connectivity index (χ1n) is 4.92. The van der Waals surface area contributed by atoms with Crippen molar-refractivity contribution in [3.8, 4) is 0 Å². The second kappa shape index (κ2) is 5.79. The van der Waals surface area contributed by atoms with Crippen LogP contribution < -0.4 is 0 Å².